The molecule has 0 unspecified atom stereocenters. The van der Waals surface area contributed by atoms with Crippen molar-refractivity contribution in [3.8, 4) is 0 Å². The fraction of sp³-hybridized carbons (Fsp3) is 0.150. The summed E-state index contributed by atoms with van der Waals surface area (Å²) in [6.07, 6.45) is 1.59. The number of aryl methyl sites for hydroxylation is 2. The van der Waals surface area contributed by atoms with Gasteiger partial charge in [0.1, 0.15) is 5.69 Å². The Hall–Kier alpha value is -3.21. The van der Waals surface area contributed by atoms with E-state index in [4.69, 9.17) is 0 Å². The maximum absolute atomic E-state index is 12.7. The summed E-state index contributed by atoms with van der Waals surface area (Å²) in [6, 6.07) is 17.2. The van der Waals surface area contributed by atoms with Gasteiger partial charge < -0.3 is 10.2 Å². The fourth-order valence-corrected chi connectivity index (χ4v) is 2.65. The normalized spacial score (nSPS) is 10.4. The molecule has 5 nitrogen and oxygen atoms in total. The van der Waals surface area contributed by atoms with Crippen LogP contribution < -0.4 is 10.2 Å². The fourth-order valence-electron chi connectivity index (χ4n) is 2.65. The molecule has 2 aromatic carbocycles. The molecule has 25 heavy (non-hydrogen) atoms. The molecule has 0 fully saturated rings. The van der Waals surface area contributed by atoms with E-state index in [-0.39, 0.29) is 5.91 Å². The standard InChI is InChI=1S/C20H20N4O/c1-14-11-15(2)13-16(12-14)22-20-21-10-9-18(23-20)19(25)24(3)17-7-5-4-6-8-17/h4-13H,1-3H3,(H,21,22,23). The third-order valence-corrected chi connectivity index (χ3v) is 3.80. The lowest BCUT2D eigenvalue weighted by Gasteiger charge is -2.17. The number of para-hydroxylation sites is 1. The predicted molar refractivity (Wildman–Crippen MR) is 100 cm³/mol. The first-order valence-corrected chi connectivity index (χ1v) is 8.04. The lowest BCUT2D eigenvalue weighted by molar-refractivity contribution is 0.0988. The Labute approximate surface area is 147 Å². The van der Waals surface area contributed by atoms with Crippen LogP contribution in [0.5, 0.6) is 0 Å². The van der Waals surface area contributed by atoms with E-state index < -0.39 is 0 Å². The van der Waals surface area contributed by atoms with E-state index in [9.17, 15) is 4.79 Å². The van der Waals surface area contributed by atoms with Gasteiger partial charge in [-0.05, 0) is 55.3 Å². The Bertz CT molecular complexity index is 873. The highest BCUT2D eigenvalue weighted by Gasteiger charge is 2.15. The monoisotopic (exact) mass is 332 g/mol. The molecule has 5 heteroatoms. The number of anilines is 3. The minimum Gasteiger partial charge on any atom is -0.324 e. The van der Waals surface area contributed by atoms with Crippen molar-refractivity contribution in [3.05, 3.63) is 77.6 Å². The van der Waals surface area contributed by atoms with Crippen LogP contribution in [0.4, 0.5) is 17.3 Å². The zero-order valence-electron chi connectivity index (χ0n) is 14.5. The van der Waals surface area contributed by atoms with Gasteiger partial charge in [-0.15, -0.1) is 0 Å². The van der Waals surface area contributed by atoms with Crippen molar-refractivity contribution in [2.75, 3.05) is 17.3 Å². The third-order valence-electron chi connectivity index (χ3n) is 3.80. The molecule has 0 spiro atoms. The van der Waals surface area contributed by atoms with E-state index in [1.165, 1.54) is 0 Å². The maximum atomic E-state index is 12.7. The summed E-state index contributed by atoms with van der Waals surface area (Å²) in [6.45, 7) is 4.07. The molecular formula is C20H20N4O. The Morgan fingerprint density at radius 3 is 2.36 bits per heavy atom. The minimum atomic E-state index is -0.183. The highest BCUT2D eigenvalue weighted by molar-refractivity contribution is 6.04. The Morgan fingerprint density at radius 1 is 1.00 bits per heavy atom. The summed E-state index contributed by atoms with van der Waals surface area (Å²) >= 11 is 0. The van der Waals surface area contributed by atoms with Crippen LogP contribution in [0.1, 0.15) is 21.6 Å². The van der Waals surface area contributed by atoms with Crippen molar-refractivity contribution in [3.63, 3.8) is 0 Å². The van der Waals surface area contributed by atoms with Crippen LogP contribution in [0.25, 0.3) is 0 Å². The molecule has 1 amide bonds. The largest absolute Gasteiger partial charge is 0.324 e. The Balaban J connectivity index is 1.82. The minimum absolute atomic E-state index is 0.183. The number of carbonyl (C=O) groups is 1. The molecular weight excluding hydrogens is 312 g/mol. The Morgan fingerprint density at radius 2 is 1.68 bits per heavy atom. The van der Waals surface area contributed by atoms with E-state index in [0.717, 1.165) is 22.5 Å². The van der Waals surface area contributed by atoms with E-state index in [0.29, 0.717) is 11.6 Å². The number of rotatable bonds is 4. The average molecular weight is 332 g/mol. The zero-order chi connectivity index (χ0) is 17.8. The van der Waals surface area contributed by atoms with Crippen molar-refractivity contribution in [1.29, 1.82) is 0 Å². The van der Waals surface area contributed by atoms with Crippen LogP contribution in [0.15, 0.2) is 60.8 Å². The second-order valence-corrected chi connectivity index (χ2v) is 5.97. The third kappa shape index (κ3) is 4.01. The first kappa shape index (κ1) is 16.6. The highest BCUT2D eigenvalue weighted by atomic mass is 16.2. The van der Waals surface area contributed by atoms with Gasteiger partial charge in [-0.1, -0.05) is 24.3 Å². The van der Waals surface area contributed by atoms with Crippen LogP contribution in [0.3, 0.4) is 0 Å². The van der Waals surface area contributed by atoms with Gasteiger partial charge in [-0.2, -0.15) is 0 Å². The van der Waals surface area contributed by atoms with Crippen LogP contribution >= 0.6 is 0 Å². The van der Waals surface area contributed by atoms with Gasteiger partial charge in [0.2, 0.25) is 5.95 Å². The lowest BCUT2D eigenvalue weighted by Crippen LogP contribution is -2.27. The number of nitrogens with one attached hydrogen (secondary N) is 1. The highest BCUT2D eigenvalue weighted by Crippen LogP contribution is 2.18. The topological polar surface area (TPSA) is 58.1 Å². The predicted octanol–water partition coefficient (Wildman–Crippen LogP) is 4.11. The molecule has 0 bridgehead atoms. The first-order chi connectivity index (χ1) is 12.0. The molecule has 3 rings (SSSR count). The van der Waals surface area contributed by atoms with E-state index in [1.54, 1.807) is 24.2 Å². The molecule has 0 saturated heterocycles. The van der Waals surface area contributed by atoms with Gasteiger partial charge in [0.05, 0.1) is 0 Å². The van der Waals surface area contributed by atoms with Gasteiger partial charge in [-0.3, -0.25) is 4.79 Å². The lowest BCUT2D eigenvalue weighted by atomic mass is 10.1. The average Bonchev–Trinajstić information content (AvgIpc) is 2.60. The second kappa shape index (κ2) is 7.13. The molecule has 126 valence electrons. The molecule has 0 radical (unpaired) electrons. The van der Waals surface area contributed by atoms with Crippen LogP contribution in [-0.4, -0.2) is 22.9 Å². The summed E-state index contributed by atoms with van der Waals surface area (Å²) in [5, 5.41) is 3.17. The van der Waals surface area contributed by atoms with Crippen molar-refractivity contribution in [2.45, 2.75) is 13.8 Å². The van der Waals surface area contributed by atoms with Gasteiger partial charge in [-0.25, -0.2) is 9.97 Å². The SMILES string of the molecule is Cc1cc(C)cc(Nc2nccc(C(=O)N(C)c3ccccc3)n2)c1. The number of aromatic nitrogens is 2. The van der Waals surface area contributed by atoms with Crippen LogP contribution in [0.2, 0.25) is 0 Å². The summed E-state index contributed by atoms with van der Waals surface area (Å²) < 4.78 is 0. The molecule has 0 atom stereocenters. The zero-order valence-corrected chi connectivity index (χ0v) is 14.5. The molecule has 0 aliphatic carbocycles. The summed E-state index contributed by atoms with van der Waals surface area (Å²) in [7, 11) is 1.73. The van der Waals surface area contributed by atoms with Crippen molar-refractivity contribution in [1.82, 2.24) is 9.97 Å². The molecule has 0 aliphatic heterocycles. The molecule has 1 N–H and O–H groups in total. The van der Waals surface area contributed by atoms with Crippen molar-refractivity contribution < 1.29 is 4.79 Å². The van der Waals surface area contributed by atoms with Gasteiger partial charge >= 0.3 is 0 Å². The van der Waals surface area contributed by atoms with E-state index >= 15 is 0 Å². The maximum Gasteiger partial charge on any atom is 0.276 e. The molecule has 1 aromatic heterocycles. The second-order valence-electron chi connectivity index (χ2n) is 5.97. The smallest absolute Gasteiger partial charge is 0.276 e. The number of carbonyl (C=O) groups excluding carboxylic acids is 1. The number of amides is 1. The number of hydrogen-bond donors (Lipinski definition) is 1. The molecule has 1 heterocycles. The van der Waals surface area contributed by atoms with Gasteiger partial charge in [0, 0.05) is 24.6 Å². The van der Waals surface area contributed by atoms with Gasteiger partial charge in [0.15, 0.2) is 0 Å². The van der Waals surface area contributed by atoms with E-state index in [2.05, 4.69) is 21.4 Å². The van der Waals surface area contributed by atoms with Crippen molar-refractivity contribution >= 4 is 23.2 Å². The Kier molecular flexibility index (Phi) is 4.75. The summed E-state index contributed by atoms with van der Waals surface area (Å²) in [4.78, 5) is 22.8. The van der Waals surface area contributed by atoms with Crippen molar-refractivity contribution in [2.24, 2.45) is 0 Å². The quantitative estimate of drug-likeness (QED) is 0.781. The summed E-state index contributed by atoms with van der Waals surface area (Å²) in [5.41, 5.74) is 4.36. The summed E-state index contributed by atoms with van der Waals surface area (Å²) in [5.74, 6) is 0.217. The molecule has 0 saturated carbocycles. The molecule has 3 aromatic rings. The first-order valence-electron chi connectivity index (χ1n) is 8.04. The number of hydrogen-bond acceptors (Lipinski definition) is 4. The number of nitrogens with zero attached hydrogens (tertiary/aromatic N) is 3. The van der Waals surface area contributed by atoms with Gasteiger partial charge in [0.25, 0.3) is 5.91 Å². The number of benzene rings is 2. The van der Waals surface area contributed by atoms with Crippen LogP contribution in [-0.2, 0) is 0 Å². The van der Waals surface area contributed by atoms with Crippen LogP contribution in [0, 0.1) is 13.8 Å². The molecule has 0 aliphatic rings. The van der Waals surface area contributed by atoms with E-state index in [1.807, 2.05) is 56.3 Å².